The van der Waals surface area contributed by atoms with Crippen LogP contribution in [0.4, 0.5) is 0 Å². The van der Waals surface area contributed by atoms with Gasteiger partial charge in [0, 0.05) is 5.41 Å². The molecule has 3 rings (SSSR count). The van der Waals surface area contributed by atoms with Crippen molar-refractivity contribution in [3.05, 3.63) is 85.0 Å². The normalized spacial score (nSPS) is 24.8. The fourth-order valence-corrected chi connectivity index (χ4v) is 4.40. The van der Waals surface area contributed by atoms with Gasteiger partial charge in [-0.2, -0.15) is 0 Å². The SMILES string of the molecule is C=C[C@]1(COC=O)CC[C@@H](C(=C)C)[C@H](c2ccc(-c3ccccc3)cc2)C1. The van der Waals surface area contributed by atoms with Crippen molar-refractivity contribution in [1.29, 1.82) is 0 Å². The summed E-state index contributed by atoms with van der Waals surface area (Å²) in [6.07, 6.45) is 4.91. The molecule has 1 aliphatic carbocycles. The maximum absolute atomic E-state index is 10.7. The summed E-state index contributed by atoms with van der Waals surface area (Å²) in [5, 5.41) is 0. The Kier molecular flexibility index (Phi) is 5.95. The number of carbonyl (C=O) groups excluding carboxylic acids is 1. The number of carbonyl (C=O) groups is 1. The third-order valence-corrected chi connectivity index (χ3v) is 6.02. The maximum Gasteiger partial charge on any atom is 0.293 e. The molecule has 2 aromatic carbocycles. The molecule has 0 heterocycles. The van der Waals surface area contributed by atoms with Crippen molar-refractivity contribution in [3.63, 3.8) is 0 Å². The molecule has 0 unspecified atom stereocenters. The highest BCUT2D eigenvalue weighted by molar-refractivity contribution is 5.63. The minimum atomic E-state index is -0.157. The number of hydrogen-bond acceptors (Lipinski definition) is 2. The van der Waals surface area contributed by atoms with Gasteiger partial charge < -0.3 is 4.74 Å². The molecule has 3 atom stereocenters. The van der Waals surface area contributed by atoms with Gasteiger partial charge in [-0.3, -0.25) is 4.79 Å². The van der Waals surface area contributed by atoms with E-state index >= 15 is 0 Å². The first kappa shape index (κ1) is 19.2. The van der Waals surface area contributed by atoms with Crippen LogP contribution in [0.3, 0.4) is 0 Å². The molecule has 140 valence electrons. The summed E-state index contributed by atoms with van der Waals surface area (Å²) >= 11 is 0. The third kappa shape index (κ3) is 4.21. The lowest BCUT2D eigenvalue weighted by molar-refractivity contribution is -0.132. The van der Waals surface area contributed by atoms with E-state index in [4.69, 9.17) is 4.74 Å². The van der Waals surface area contributed by atoms with E-state index in [0.717, 1.165) is 19.3 Å². The minimum absolute atomic E-state index is 0.157. The lowest BCUT2D eigenvalue weighted by Gasteiger charge is -2.43. The lowest BCUT2D eigenvalue weighted by Crippen LogP contribution is -2.35. The fraction of sp³-hybridized carbons (Fsp3) is 0.320. The second kappa shape index (κ2) is 8.39. The lowest BCUT2D eigenvalue weighted by atomic mass is 9.62. The first-order valence-corrected chi connectivity index (χ1v) is 9.58. The van der Waals surface area contributed by atoms with Crippen LogP contribution >= 0.6 is 0 Å². The van der Waals surface area contributed by atoms with Crippen LogP contribution in [0.25, 0.3) is 11.1 Å². The van der Waals surface area contributed by atoms with Gasteiger partial charge >= 0.3 is 0 Å². The van der Waals surface area contributed by atoms with E-state index in [1.807, 2.05) is 12.1 Å². The van der Waals surface area contributed by atoms with E-state index < -0.39 is 0 Å². The van der Waals surface area contributed by atoms with E-state index in [1.165, 1.54) is 22.3 Å². The van der Waals surface area contributed by atoms with E-state index in [-0.39, 0.29) is 5.41 Å². The molecule has 2 heteroatoms. The number of hydrogen-bond donors (Lipinski definition) is 0. The average molecular weight is 360 g/mol. The smallest absolute Gasteiger partial charge is 0.293 e. The molecule has 0 radical (unpaired) electrons. The van der Waals surface area contributed by atoms with Crippen molar-refractivity contribution in [3.8, 4) is 11.1 Å². The van der Waals surface area contributed by atoms with E-state index in [9.17, 15) is 4.79 Å². The van der Waals surface area contributed by atoms with Crippen LogP contribution in [0.5, 0.6) is 0 Å². The zero-order valence-electron chi connectivity index (χ0n) is 16.1. The predicted octanol–water partition coefficient (Wildman–Crippen LogP) is 6.16. The molecule has 1 saturated carbocycles. The Balaban J connectivity index is 1.89. The number of rotatable bonds is 7. The third-order valence-electron chi connectivity index (χ3n) is 6.02. The summed E-state index contributed by atoms with van der Waals surface area (Å²) in [6.45, 7) is 11.4. The van der Waals surface area contributed by atoms with E-state index in [2.05, 4.69) is 68.6 Å². The van der Waals surface area contributed by atoms with Gasteiger partial charge in [0.05, 0.1) is 0 Å². The molecule has 27 heavy (non-hydrogen) atoms. The van der Waals surface area contributed by atoms with Gasteiger partial charge in [0.2, 0.25) is 0 Å². The van der Waals surface area contributed by atoms with Crippen LogP contribution in [0.15, 0.2) is 79.4 Å². The highest BCUT2D eigenvalue weighted by atomic mass is 16.5. The van der Waals surface area contributed by atoms with Gasteiger partial charge in [-0.15, -0.1) is 6.58 Å². The van der Waals surface area contributed by atoms with Gasteiger partial charge in [-0.1, -0.05) is 72.8 Å². The molecule has 0 amide bonds. The van der Waals surface area contributed by atoms with E-state index in [1.54, 1.807) is 0 Å². The number of benzene rings is 2. The van der Waals surface area contributed by atoms with Crippen LogP contribution in [-0.2, 0) is 9.53 Å². The van der Waals surface area contributed by atoms with Gasteiger partial charge in [-0.25, -0.2) is 0 Å². The predicted molar refractivity (Wildman–Crippen MR) is 111 cm³/mol. The highest BCUT2D eigenvalue weighted by Crippen LogP contribution is 2.50. The molecule has 2 nitrogen and oxygen atoms in total. The highest BCUT2D eigenvalue weighted by Gasteiger charge is 2.40. The van der Waals surface area contributed by atoms with Crippen LogP contribution < -0.4 is 0 Å². The Morgan fingerprint density at radius 1 is 1.15 bits per heavy atom. The Bertz CT molecular complexity index is 791. The van der Waals surface area contributed by atoms with Crippen LogP contribution in [0.1, 0.15) is 37.7 Å². The molecule has 0 aliphatic heterocycles. The number of allylic oxidation sites excluding steroid dienone is 1. The zero-order chi connectivity index (χ0) is 19.3. The molecule has 0 spiro atoms. The minimum Gasteiger partial charge on any atom is -0.467 e. The van der Waals surface area contributed by atoms with Crippen molar-refractivity contribution in [2.24, 2.45) is 11.3 Å². The molecule has 1 fully saturated rings. The first-order valence-electron chi connectivity index (χ1n) is 9.58. The van der Waals surface area contributed by atoms with Gasteiger partial charge in [0.25, 0.3) is 6.47 Å². The van der Waals surface area contributed by atoms with Crippen molar-refractivity contribution in [2.75, 3.05) is 6.61 Å². The molecular weight excluding hydrogens is 332 g/mol. The Hall–Kier alpha value is -2.61. The summed E-state index contributed by atoms with van der Waals surface area (Å²) in [6, 6.07) is 19.3. The van der Waals surface area contributed by atoms with Crippen LogP contribution in [-0.4, -0.2) is 13.1 Å². The van der Waals surface area contributed by atoms with Gasteiger partial charge in [-0.05, 0) is 54.7 Å². The Morgan fingerprint density at radius 2 is 1.81 bits per heavy atom. The second-order valence-electron chi connectivity index (χ2n) is 7.76. The van der Waals surface area contributed by atoms with Crippen molar-refractivity contribution in [1.82, 2.24) is 0 Å². The topological polar surface area (TPSA) is 26.3 Å². The molecular formula is C25H28O2. The maximum atomic E-state index is 10.7. The second-order valence-corrected chi connectivity index (χ2v) is 7.76. The fourth-order valence-electron chi connectivity index (χ4n) is 4.40. The summed E-state index contributed by atoms with van der Waals surface area (Å²) in [7, 11) is 0. The number of ether oxygens (including phenoxy) is 1. The van der Waals surface area contributed by atoms with Crippen molar-refractivity contribution < 1.29 is 9.53 Å². The Labute approximate surface area is 162 Å². The largest absolute Gasteiger partial charge is 0.467 e. The average Bonchev–Trinajstić information content (AvgIpc) is 2.72. The zero-order valence-corrected chi connectivity index (χ0v) is 16.1. The summed E-state index contributed by atoms with van der Waals surface area (Å²) in [4.78, 5) is 10.7. The molecule has 2 aromatic rings. The monoisotopic (exact) mass is 360 g/mol. The Morgan fingerprint density at radius 3 is 2.41 bits per heavy atom. The summed E-state index contributed by atoms with van der Waals surface area (Å²) < 4.78 is 5.15. The molecule has 0 N–H and O–H groups in total. The molecule has 0 bridgehead atoms. The van der Waals surface area contributed by atoms with Crippen molar-refractivity contribution >= 4 is 6.47 Å². The standard InChI is InChI=1S/C25H28O2/c1-4-25(17-27-18-26)15-14-23(19(2)3)24(16-25)22-12-10-21(11-13-22)20-8-6-5-7-9-20/h4-13,18,23-24H,1-2,14-17H2,3H3/t23-,24-,25-/m0/s1. The van der Waals surface area contributed by atoms with Crippen LogP contribution in [0.2, 0.25) is 0 Å². The summed E-state index contributed by atoms with van der Waals surface area (Å²) in [5.41, 5.74) is 4.83. The molecule has 1 aliphatic rings. The molecule has 0 aromatic heterocycles. The first-order chi connectivity index (χ1) is 13.1. The van der Waals surface area contributed by atoms with Gasteiger partial charge in [0.15, 0.2) is 0 Å². The van der Waals surface area contributed by atoms with Gasteiger partial charge in [0.1, 0.15) is 6.61 Å². The molecule has 0 saturated heterocycles. The van der Waals surface area contributed by atoms with E-state index in [0.29, 0.717) is 24.9 Å². The summed E-state index contributed by atoms with van der Waals surface area (Å²) in [5.74, 6) is 0.797. The quantitative estimate of drug-likeness (QED) is 0.437. The van der Waals surface area contributed by atoms with Crippen molar-refractivity contribution in [2.45, 2.75) is 32.1 Å². The van der Waals surface area contributed by atoms with Crippen LogP contribution in [0, 0.1) is 11.3 Å².